The summed E-state index contributed by atoms with van der Waals surface area (Å²) in [6.45, 7) is 3.06. The summed E-state index contributed by atoms with van der Waals surface area (Å²) in [5, 5.41) is 23.2. The molecule has 0 saturated carbocycles. The Morgan fingerprint density at radius 3 is 1.35 bits per heavy atom. The zero-order valence-corrected chi connectivity index (χ0v) is 42.8. The molecule has 19 heteroatoms. The summed E-state index contributed by atoms with van der Waals surface area (Å²) in [7, 11) is 0. The molecule has 2 aromatic heterocycles. The number of nitrogens with one attached hydrogen (secondary N) is 1. The third kappa shape index (κ3) is 10.2. The van der Waals surface area contributed by atoms with Crippen LogP contribution >= 0.6 is 70.6 Å². The number of hydrogen-bond donors (Lipinski definition) is 3. The van der Waals surface area contributed by atoms with Crippen LogP contribution in [0.15, 0.2) is 107 Å². The Morgan fingerprint density at radius 1 is 0.606 bits per heavy atom. The number of carbonyl (C=O) groups is 4. The van der Waals surface area contributed by atoms with Crippen LogP contribution in [0.2, 0.25) is 0 Å². The Morgan fingerprint density at radius 2 is 1.00 bits per heavy atom. The number of carbonyl (C=O) groups excluding carboxylic acids is 2. The van der Waals surface area contributed by atoms with E-state index in [0.717, 1.165) is 100 Å². The molecular formula is C52H41N5O8S6. The van der Waals surface area contributed by atoms with Gasteiger partial charge in [0, 0.05) is 24.5 Å². The van der Waals surface area contributed by atoms with E-state index in [1.54, 1.807) is 26.0 Å². The number of carboxylic acids is 2. The number of aliphatic carboxylic acids is 2. The van der Waals surface area contributed by atoms with Crippen LogP contribution in [0, 0.1) is 0 Å². The van der Waals surface area contributed by atoms with Crippen molar-refractivity contribution in [3.05, 3.63) is 170 Å². The smallest absolute Gasteiger partial charge is 0.323 e. The van der Waals surface area contributed by atoms with Gasteiger partial charge in [-0.2, -0.15) is 0 Å². The van der Waals surface area contributed by atoms with Crippen molar-refractivity contribution in [3.8, 4) is 0 Å². The zero-order valence-electron chi connectivity index (χ0n) is 37.9. The van der Waals surface area contributed by atoms with Crippen LogP contribution in [0.25, 0.3) is 45.3 Å². The van der Waals surface area contributed by atoms with Crippen molar-refractivity contribution in [2.24, 2.45) is 0 Å². The lowest BCUT2D eigenvalue weighted by atomic mass is 9.98. The van der Waals surface area contributed by atoms with Crippen LogP contribution in [0.5, 0.6) is 0 Å². The van der Waals surface area contributed by atoms with E-state index in [1.807, 2.05) is 97.1 Å². The minimum Gasteiger partial charge on any atom is -0.480 e. The third-order valence-corrected chi connectivity index (χ3v) is 17.1. The van der Waals surface area contributed by atoms with E-state index in [0.29, 0.717) is 45.7 Å². The quantitative estimate of drug-likeness (QED) is 0.0942. The first-order chi connectivity index (χ1) is 34.2. The number of hydrogen-bond acceptors (Lipinski definition) is 13. The maximum Gasteiger partial charge on any atom is 0.323 e. The molecule has 0 atom stereocenters. The van der Waals surface area contributed by atoms with Gasteiger partial charge in [0.15, 0.2) is 0 Å². The lowest BCUT2D eigenvalue weighted by Crippen LogP contribution is -2.35. The van der Waals surface area contributed by atoms with E-state index < -0.39 is 36.1 Å². The van der Waals surface area contributed by atoms with E-state index in [9.17, 15) is 39.0 Å². The maximum absolute atomic E-state index is 14.0. The molecule has 358 valence electrons. The first-order valence-electron chi connectivity index (χ1n) is 22.2. The van der Waals surface area contributed by atoms with Crippen LogP contribution in [0.1, 0.15) is 47.2 Å². The number of fused-ring (bicyclic) bond motifs is 2. The zero-order chi connectivity index (χ0) is 50.1. The summed E-state index contributed by atoms with van der Waals surface area (Å²) in [6.07, 6.45) is 8.84. The second-order valence-electron chi connectivity index (χ2n) is 16.3. The van der Waals surface area contributed by atoms with Gasteiger partial charge in [-0.15, -0.1) is 22.7 Å². The van der Waals surface area contributed by atoms with E-state index in [4.69, 9.17) is 24.4 Å². The van der Waals surface area contributed by atoms with Gasteiger partial charge in [-0.1, -0.05) is 121 Å². The van der Waals surface area contributed by atoms with Gasteiger partial charge in [0.05, 0.1) is 9.06 Å². The van der Waals surface area contributed by atoms with Crippen LogP contribution in [0.3, 0.4) is 0 Å². The van der Waals surface area contributed by atoms with E-state index in [-0.39, 0.29) is 40.0 Å². The van der Waals surface area contributed by atoms with Gasteiger partial charge in [-0.05, 0) is 120 Å². The molecule has 0 radical (unpaired) electrons. The van der Waals surface area contributed by atoms with Gasteiger partial charge in [-0.25, -0.2) is 0 Å². The van der Waals surface area contributed by atoms with Gasteiger partial charge in [0.25, 0.3) is 22.9 Å². The molecule has 2 amide bonds. The van der Waals surface area contributed by atoms with E-state index >= 15 is 0 Å². The summed E-state index contributed by atoms with van der Waals surface area (Å²) in [5.41, 5.74) is 7.80. The molecule has 9 rings (SSSR count). The minimum absolute atomic E-state index is 0.229. The summed E-state index contributed by atoms with van der Waals surface area (Å²) >= 11 is 15.1. The first-order valence-corrected chi connectivity index (χ1v) is 26.3. The molecule has 2 saturated heterocycles. The van der Waals surface area contributed by atoms with E-state index in [1.165, 1.54) is 9.80 Å². The average molecular weight is 1060 g/mol. The molecule has 5 heterocycles. The number of benzene rings is 4. The highest BCUT2D eigenvalue weighted by molar-refractivity contribution is 8.30. The fourth-order valence-corrected chi connectivity index (χ4v) is 13.6. The lowest BCUT2D eigenvalue weighted by Gasteiger charge is -2.12. The fourth-order valence-electron chi connectivity index (χ4n) is 8.33. The number of allylic oxidation sites excluding steroid dienone is 2. The Kier molecular flexibility index (Phi) is 14.5. The number of carboxylic acid groups (broad SMARTS) is 2. The number of thiazole rings is 2. The predicted octanol–water partition coefficient (Wildman–Crippen LogP) is 6.16. The topological polar surface area (TPSA) is 171 Å². The number of amides is 2. The molecule has 3 aliphatic heterocycles. The standard InChI is InChI=1S/C52H41N5O8S6/c1-3-54-47(64)43(70-51(54)66)49-56(27-41(58)59)45(62)39(68-49)25-35(31-11-7-5-8-12-31)23-29-15-19-37-33(21-29)17-18-34-22-30(16-20-38(34)53-37)24-36(32-13-9-6-10-14-32)26-40-46(63)57(28-42(60)61)50(69-40)44-48(65)55(4-2)52(67)71-44/h5-16,19-26,53H,3-4,17-18,27-28H2,1-2H3,(H,58,59)(H,60,61)/b35-23+,36-24+,39-25-,40-26-,49-43+,50-44+. The molecule has 0 unspecified atom stereocenters. The minimum atomic E-state index is -1.21. The molecule has 71 heavy (non-hydrogen) atoms. The van der Waals surface area contributed by atoms with Gasteiger partial charge in [0.2, 0.25) is 0 Å². The SMILES string of the molecule is CCN1C(=O)/C(=c2\s/c(=C\C(=C/c3ccc4c(c3)CCc3cc(/C=C(\C=c5/s/c(=C6/SC(=S)N(CC)C6=O)n(CC(=O)O)c5=O)c5ccccc5)ccc3N4)c3ccccc3)c(=O)n2CC(=O)O)SC1=S. The monoisotopic (exact) mass is 1060 g/mol. The lowest BCUT2D eigenvalue weighted by molar-refractivity contribution is -0.138. The second kappa shape index (κ2) is 20.9. The highest BCUT2D eigenvalue weighted by atomic mass is 32.2. The predicted molar refractivity (Wildman–Crippen MR) is 294 cm³/mol. The Hall–Kier alpha value is -6.74. The second-order valence-corrected chi connectivity index (χ2v) is 21.6. The molecule has 3 aliphatic rings. The molecule has 0 spiro atoms. The van der Waals surface area contributed by atoms with Gasteiger partial charge in [0.1, 0.15) is 40.9 Å². The molecule has 3 N–H and O–H groups in total. The highest BCUT2D eigenvalue weighted by Gasteiger charge is 2.34. The summed E-state index contributed by atoms with van der Waals surface area (Å²) in [5.74, 6) is -3.15. The molecule has 13 nitrogen and oxygen atoms in total. The van der Waals surface area contributed by atoms with Gasteiger partial charge < -0.3 is 15.5 Å². The number of rotatable bonds is 12. The van der Waals surface area contributed by atoms with Crippen LogP contribution < -0.4 is 34.8 Å². The number of thiocarbonyl (C=S) groups is 2. The third-order valence-electron chi connectivity index (χ3n) is 11.7. The number of aromatic nitrogens is 2. The van der Waals surface area contributed by atoms with Crippen molar-refractivity contribution >= 4 is 160 Å². The van der Waals surface area contributed by atoms with Crippen LogP contribution in [-0.2, 0) is 45.1 Å². The number of thioether (sulfide) groups is 2. The Labute approximate surface area is 432 Å². The van der Waals surface area contributed by atoms with E-state index in [2.05, 4.69) is 17.4 Å². The number of nitrogens with zero attached hydrogens (tertiary/aromatic N) is 4. The van der Waals surface area contributed by atoms with Crippen molar-refractivity contribution in [1.82, 2.24) is 18.9 Å². The molecule has 6 aromatic rings. The highest BCUT2D eigenvalue weighted by Crippen LogP contribution is 2.35. The van der Waals surface area contributed by atoms with Crippen LogP contribution in [-0.4, -0.2) is 74.6 Å². The van der Waals surface area contributed by atoms with Crippen molar-refractivity contribution in [1.29, 1.82) is 0 Å². The Balaban J connectivity index is 1.07. The molecular weight excluding hydrogens is 1020 g/mol. The fraction of sp³-hybridized carbons (Fsp3) is 0.154. The molecule has 2 fully saturated rings. The first kappa shape index (κ1) is 49.2. The van der Waals surface area contributed by atoms with Gasteiger partial charge >= 0.3 is 11.9 Å². The summed E-state index contributed by atoms with van der Waals surface area (Å²) in [4.78, 5) is 81.9. The van der Waals surface area contributed by atoms with Crippen molar-refractivity contribution in [3.63, 3.8) is 0 Å². The number of aryl methyl sites for hydroxylation is 2. The van der Waals surface area contributed by atoms with Crippen molar-refractivity contribution in [2.75, 3.05) is 18.4 Å². The largest absolute Gasteiger partial charge is 0.480 e. The van der Waals surface area contributed by atoms with Crippen molar-refractivity contribution in [2.45, 2.75) is 39.8 Å². The summed E-state index contributed by atoms with van der Waals surface area (Å²) < 4.78 is 4.00. The van der Waals surface area contributed by atoms with Crippen molar-refractivity contribution < 1.29 is 29.4 Å². The molecule has 4 aromatic carbocycles. The molecule has 0 bridgehead atoms. The summed E-state index contributed by atoms with van der Waals surface area (Å²) in [6, 6.07) is 31.4. The average Bonchev–Trinajstić information content (AvgIpc) is 3.98. The van der Waals surface area contributed by atoms with Gasteiger partial charge in [-0.3, -0.25) is 47.7 Å². The maximum atomic E-state index is 14.0. The normalized spacial score (nSPS) is 17.2. The Bertz CT molecular complexity index is 3460. The molecule has 0 aliphatic carbocycles. The van der Waals surface area contributed by atoms with Crippen LogP contribution in [0.4, 0.5) is 11.4 Å². The number of anilines is 2.